The van der Waals surface area contributed by atoms with Crippen molar-refractivity contribution in [2.24, 2.45) is 0 Å². The number of amides is 3. The number of para-hydroxylation sites is 1. The molecule has 3 amide bonds. The van der Waals surface area contributed by atoms with E-state index in [-0.39, 0.29) is 23.8 Å². The highest BCUT2D eigenvalue weighted by molar-refractivity contribution is 6.10. The SMILES string of the molecule is CC(NC(=O)CCCN1C(=O)c2ccccc2N2C(=O)CCC12C)c1cccc2ccccc12. The number of nitrogens with zero attached hydrogens (tertiary/aromatic N) is 2. The molecule has 174 valence electrons. The fraction of sp³-hybridized carbons (Fsp3) is 0.321. The van der Waals surface area contributed by atoms with E-state index in [1.165, 1.54) is 0 Å². The minimum Gasteiger partial charge on any atom is -0.350 e. The molecule has 0 aliphatic carbocycles. The van der Waals surface area contributed by atoms with E-state index in [0.29, 0.717) is 43.5 Å². The first-order chi connectivity index (χ1) is 16.4. The molecular formula is C28H29N3O3. The first kappa shape index (κ1) is 22.1. The molecule has 34 heavy (non-hydrogen) atoms. The maximum Gasteiger partial charge on any atom is 0.257 e. The lowest BCUT2D eigenvalue weighted by Crippen LogP contribution is -2.62. The molecule has 2 aliphatic rings. The monoisotopic (exact) mass is 455 g/mol. The van der Waals surface area contributed by atoms with Crippen molar-refractivity contribution in [3.05, 3.63) is 77.9 Å². The van der Waals surface area contributed by atoms with Gasteiger partial charge in [-0.1, -0.05) is 54.6 Å². The Balaban J connectivity index is 1.26. The van der Waals surface area contributed by atoms with Crippen LogP contribution in [0.15, 0.2) is 66.7 Å². The maximum absolute atomic E-state index is 13.3. The van der Waals surface area contributed by atoms with Gasteiger partial charge in [0.25, 0.3) is 5.91 Å². The van der Waals surface area contributed by atoms with Crippen molar-refractivity contribution >= 4 is 34.2 Å². The van der Waals surface area contributed by atoms with Crippen LogP contribution in [-0.4, -0.2) is 34.8 Å². The largest absolute Gasteiger partial charge is 0.350 e. The van der Waals surface area contributed by atoms with E-state index in [4.69, 9.17) is 0 Å². The molecule has 2 heterocycles. The van der Waals surface area contributed by atoms with Crippen LogP contribution >= 0.6 is 0 Å². The highest BCUT2D eigenvalue weighted by atomic mass is 16.2. The van der Waals surface area contributed by atoms with E-state index < -0.39 is 5.66 Å². The van der Waals surface area contributed by atoms with E-state index in [9.17, 15) is 14.4 Å². The molecule has 6 nitrogen and oxygen atoms in total. The van der Waals surface area contributed by atoms with Gasteiger partial charge < -0.3 is 10.2 Å². The van der Waals surface area contributed by atoms with E-state index in [2.05, 4.69) is 23.5 Å². The number of carbonyl (C=O) groups is 3. The Hall–Kier alpha value is -3.67. The average molecular weight is 456 g/mol. The summed E-state index contributed by atoms with van der Waals surface area (Å²) in [6, 6.07) is 21.4. The standard InChI is InChI=1S/C28H29N3O3/c1-19(21-13-7-10-20-9-3-4-11-22(20)21)29-25(32)15-8-18-30-27(34)23-12-5-6-14-24(23)31-26(33)16-17-28(30,31)2/h3-7,9-14,19H,8,15-18H2,1-2H3,(H,29,32). The van der Waals surface area contributed by atoms with Crippen LogP contribution in [0.4, 0.5) is 5.69 Å². The number of carbonyl (C=O) groups excluding carboxylic acids is 3. The number of fused-ring (bicyclic) bond motifs is 4. The van der Waals surface area contributed by atoms with Crippen molar-refractivity contribution in [3.8, 4) is 0 Å². The summed E-state index contributed by atoms with van der Waals surface area (Å²) in [6.45, 7) is 4.37. The number of rotatable bonds is 6. The molecule has 1 N–H and O–H groups in total. The molecule has 3 aromatic rings. The van der Waals surface area contributed by atoms with E-state index in [0.717, 1.165) is 16.3 Å². The molecule has 5 rings (SSSR count). The van der Waals surface area contributed by atoms with Crippen molar-refractivity contribution < 1.29 is 14.4 Å². The topological polar surface area (TPSA) is 69.7 Å². The van der Waals surface area contributed by atoms with Crippen LogP contribution in [0.2, 0.25) is 0 Å². The van der Waals surface area contributed by atoms with Gasteiger partial charge in [0.2, 0.25) is 11.8 Å². The lowest BCUT2D eigenvalue weighted by atomic mass is 9.97. The predicted octanol–water partition coefficient (Wildman–Crippen LogP) is 4.80. The molecule has 0 aromatic heterocycles. The quantitative estimate of drug-likeness (QED) is 0.581. The summed E-state index contributed by atoms with van der Waals surface area (Å²) >= 11 is 0. The van der Waals surface area contributed by atoms with Gasteiger partial charge in [-0.15, -0.1) is 0 Å². The summed E-state index contributed by atoms with van der Waals surface area (Å²) in [4.78, 5) is 42.3. The van der Waals surface area contributed by atoms with Crippen LogP contribution in [0, 0.1) is 0 Å². The molecule has 0 saturated carbocycles. The second-order valence-electron chi connectivity index (χ2n) is 9.38. The van der Waals surface area contributed by atoms with Gasteiger partial charge >= 0.3 is 0 Å². The molecule has 0 radical (unpaired) electrons. The molecule has 0 spiro atoms. The Bertz CT molecular complexity index is 1280. The molecule has 1 saturated heterocycles. The average Bonchev–Trinajstić information content (AvgIpc) is 3.15. The van der Waals surface area contributed by atoms with E-state index in [1.807, 2.05) is 56.3 Å². The number of anilines is 1. The first-order valence-corrected chi connectivity index (χ1v) is 11.9. The lowest BCUT2D eigenvalue weighted by molar-refractivity contribution is -0.122. The van der Waals surface area contributed by atoms with Gasteiger partial charge in [-0.3, -0.25) is 19.3 Å². The second kappa shape index (κ2) is 8.60. The second-order valence-corrected chi connectivity index (χ2v) is 9.38. The zero-order chi connectivity index (χ0) is 23.9. The van der Waals surface area contributed by atoms with Crippen molar-refractivity contribution in [3.63, 3.8) is 0 Å². The molecule has 1 fully saturated rings. The summed E-state index contributed by atoms with van der Waals surface area (Å²) in [5, 5.41) is 5.39. The summed E-state index contributed by atoms with van der Waals surface area (Å²) in [5.41, 5.74) is 1.64. The third kappa shape index (κ3) is 3.63. The van der Waals surface area contributed by atoms with E-state index in [1.54, 1.807) is 15.9 Å². The van der Waals surface area contributed by atoms with Gasteiger partial charge in [0.1, 0.15) is 5.66 Å². The zero-order valence-corrected chi connectivity index (χ0v) is 19.6. The normalized spacial score (nSPS) is 20.3. The van der Waals surface area contributed by atoms with Gasteiger partial charge in [-0.25, -0.2) is 0 Å². The number of nitrogens with one attached hydrogen (secondary N) is 1. The first-order valence-electron chi connectivity index (χ1n) is 11.9. The smallest absolute Gasteiger partial charge is 0.257 e. The molecule has 0 bridgehead atoms. The zero-order valence-electron chi connectivity index (χ0n) is 19.6. The molecular weight excluding hydrogens is 426 g/mol. The minimum absolute atomic E-state index is 0.0362. The van der Waals surface area contributed by atoms with Crippen LogP contribution in [0.5, 0.6) is 0 Å². The van der Waals surface area contributed by atoms with Crippen LogP contribution in [0.1, 0.15) is 61.5 Å². The van der Waals surface area contributed by atoms with Crippen molar-refractivity contribution in [2.45, 2.75) is 51.2 Å². The molecule has 3 aromatic carbocycles. The summed E-state index contributed by atoms with van der Waals surface area (Å²) in [7, 11) is 0. The fourth-order valence-corrected chi connectivity index (χ4v) is 5.46. The summed E-state index contributed by atoms with van der Waals surface area (Å²) in [6.07, 6.45) is 1.85. The molecule has 2 atom stereocenters. The van der Waals surface area contributed by atoms with Gasteiger partial charge in [0.05, 0.1) is 17.3 Å². The Morgan fingerprint density at radius 2 is 1.76 bits per heavy atom. The molecule has 6 heteroatoms. The van der Waals surface area contributed by atoms with Gasteiger partial charge in [0.15, 0.2) is 0 Å². The van der Waals surface area contributed by atoms with Gasteiger partial charge in [-0.2, -0.15) is 0 Å². The lowest BCUT2D eigenvalue weighted by Gasteiger charge is -2.48. The Kier molecular flexibility index (Phi) is 5.60. The number of benzene rings is 3. The summed E-state index contributed by atoms with van der Waals surface area (Å²) < 4.78 is 0. The highest BCUT2D eigenvalue weighted by Gasteiger charge is 2.52. The van der Waals surface area contributed by atoms with Gasteiger partial charge in [-0.05, 0) is 55.2 Å². The summed E-state index contributed by atoms with van der Waals surface area (Å²) in [5.74, 6) is -0.0857. The predicted molar refractivity (Wildman–Crippen MR) is 132 cm³/mol. The molecule has 2 aliphatic heterocycles. The van der Waals surface area contributed by atoms with Crippen LogP contribution < -0.4 is 10.2 Å². The van der Waals surface area contributed by atoms with E-state index >= 15 is 0 Å². The van der Waals surface area contributed by atoms with Crippen LogP contribution in [-0.2, 0) is 9.59 Å². The van der Waals surface area contributed by atoms with Gasteiger partial charge in [0, 0.05) is 19.4 Å². The van der Waals surface area contributed by atoms with Crippen LogP contribution in [0.25, 0.3) is 10.8 Å². The third-order valence-corrected chi connectivity index (χ3v) is 7.20. The highest BCUT2D eigenvalue weighted by Crippen LogP contribution is 2.44. The Labute approximate surface area is 199 Å². The number of hydrogen-bond donors (Lipinski definition) is 1. The fourth-order valence-electron chi connectivity index (χ4n) is 5.46. The maximum atomic E-state index is 13.3. The molecule has 2 unspecified atom stereocenters. The third-order valence-electron chi connectivity index (χ3n) is 7.20. The van der Waals surface area contributed by atoms with Crippen LogP contribution in [0.3, 0.4) is 0 Å². The van der Waals surface area contributed by atoms with Crippen molar-refractivity contribution in [2.75, 3.05) is 11.4 Å². The minimum atomic E-state index is -0.685. The van der Waals surface area contributed by atoms with Crippen molar-refractivity contribution in [1.29, 1.82) is 0 Å². The Morgan fingerprint density at radius 3 is 2.62 bits per heavy atom. The van der Waals surface area contributed by atoms with Crippen molar-refractivity contribution in [1.82, 2.24) is 10.2 Å². The number of hydrogen-bond acceptors (Lipinski definition) is 3. The Morgan fingerprint density at radius 1 is 1.03 bits per heavy atom.